The van der Waals surface area contributed by atoms with E-state index in [0.29, 0.717) is 17.1 Å². The van der Waals surface area contributed by atoms with Crippen LogP contribution >= 0.6 is 0 Å². The lowest BCUT2D eigenvalue weighted by molar-refractivity contribution is 0.0939. The lowest BCUT2D eigenvalue weighted by Crippen LogP contribution is -2.34. The fourth-order valence-electron chi connectivity index (χ4n) is 3.74. The van der Waals surface area contributed by atoms with Gasteiger partial charge in [0.15, 0.2) is 11.5 Å². The summed E-state index contributed by atoms with van der Waals surface area (Å²) in [6.45, 7) is 6.54. The molecule has 5 nitrogen and oxygen atoms in total. The van der Waals surface area contributed by atoms with E-state index in [2.05, 4.69) is 41.4 Å². The summed E-state index contributed by atoms with van der Waals surface area (Å²) in [5, 5.41) is 3.06. The number of methoxy groups -OCH3 is 2. The van der Waals surface area contributed by atoms with Crippen molar-refractivity contribution in [2.75, 3.05) is 32.2 Å². The highest BCUT2D eigenvalue weighted by atomic mass is 16.5. The molecule has 1 fully saturated rings. The Hall–Kier alpha value is -2.69. The topological polar surface area (TPSA) is 50.8 Å². The summed E-state index contributed by atoms with van der Waals surface area (Å²) in [7, 11) is 3.14. The molecule has 0 radical (unpaired) electrons. The molecule has 28 heavy (non-hydrogen) atoms. The number of nitrogens with one attached hydrogen (secondary N) is 1. The SMILES string of the molecule is COc1ccc(C(=O)N[C@H](C)c2ccc(N3CCC[C@H](C)C3)cc2)cc1OC. The molecule has 0 aromatic heterocycles. The maximum atomic E-state index is 12.6. The average Bonchev–Trinajstić information content (AvgIpc) is 2.73. The molecule has 1 aliphatic heterocycles. The minimum Gasteiger partial charge on any atom is -0.493 e. The van der Waals surface area contributed by atoms with Gasteiger partial charge in [-0.05, 0) is 61.6 Å². The van der Waals surface area contributed by atoms with Gasteiger partial charge in [-0.3, -0.25) is 4.79 Å². The molecule has 150 valence electrons. The van der Waals surface area contributed by atoms with Crippen molar-refractivity contribution in [1.82, 2.24) is 5.32 Å². The van der Waals surface area contributed by atoms with E-state index in [0.717, 1.165) is 24.6 Å². The first-order valence-electron chi connectivity index (χ1n) is 9.89. The van der Waals surface area contributed by atoms with E-state index in [4.69, 9.17) is 9.47 Å². The van der Waals surface area contributed by atoms with Crippen molar-refractivity contribution in [3.63, 3.8) is 0 Å². The highest BCUT2D eigenvalue weighted by Gasteiger charge is 2.18. The Morgan fingerprint density at radius 1 is 1.11 bits per heavy atom. The largest absolute Gasteiger partial charge is 0.493 e. The van der Waals surface area contributed by atoms with Gasteiger partial charge in [-0.25, -0.2) is 0 Å². The number of nitrogens with zero attached hydrogens (tertiary/aromatic N) is 1. The predicted molar refractivity (Wildman–Crippen MR) is 112 cm³/mol. The van der Waals surface area contributed by atoms with Crippen molar-refractivity contribution in [3.05, 3.63) is 53.6 Å². The first-order chi connectivity index (χ1) is 13.5. The van der Waals surface area contributed by atoms with Crippen LogP contribution in [0.1, 0.15) is 48.7 Å². The fraction of sp³-hybridized carbons (Fsp3) is 0.435. The number of anilines is 1. The quantitative estimate of drug-likeness (QED) is 0.803. The number of amides is 1. The first-order valence-corrected chi connectivity index (χ1v) is 9.89. The Morgan fingerprint density at radius 2 is 1.82 bits per heavy atom. The molecule has 0 aliphatic carbocycles. The predicted octanol–water partition coefficient (Wildman–Crippen LogP) is 4.43. The molecule has 1 amide bonds. The van der Waals surface area contributed by atoms with Gasteiger partial charge >= 0.3 is 0 Å². The smallest absolute Gasteiger partial charge is 0.251 e. The normalized spacial score (nSPS) is 17.7. The van der Waals surface area contributed by atoms with Gasteiger partial charge in [-0.1, -0.05) is 19.1 Å². The Balaban J connectivity index is 1.65. The van der Waals surface area contributed by atoms with Gasteiger partial charge in [0.05, 0.1) is 20.3 Å². The van der Waals surface area contributed by atoms with Crippen molar-refractivity contribution in [2.24, 2.45) is 5.92 Å². The van der Waals surface area contributed by atoms with E-state index < -0.39 is 0 Å². The third-order valence-corrected chi connectivity index (χ3v) is 5.41. The van der Waals surface area contributed by atoms with Gasteiger partial charge in [0.25, 0.3) is 5.91 Å². The molecule has 2 atom stereocenters. The van der Waals surface area contributed by atoms with Crippen LogP contribution in [0.15, 0.2) is 42.5 Å². The number of rotatable bonds is 6. The second kappa shape index (κ2) is 9.00. The summed E-state index contributed by atoms with van der Waals surface area (Å²) in [6, 6.07) is 13.6. The molecule has 0 bridgehead atoms. The summed E-state index contributed by atoms with van der Waals surface area (Å²) in [6.07, 6.45) is 2.56. The Labute approximate surface area is 167 Å². The number of benzene rings is 2. The molecule has 0 spiro atoms. The Bertz CT molecular complexity index is 804. The number of hydrogen-bond donors (Lipinski definition) is 1. The van der Waals surface area contributed by atoms with E-state index in [1.165, 1.54) is 18.5 Å². The second-order valence-corrected chi connectivity index (χ2v) is 7.55. The number of carbonyl (C=O) groups excluding carboxylic acids is 1. The fourth-order valence-corrected chi connectivity index (χ4v) is 3.74. The molecule has 1 N–H and O–H groups in total. The van der Waals surface area contributed by atoms with Crippen LogP contribution in [0.4, 0.5) is 5.69 Å². The summed E-state index contributed by atoms with van der Waals surface area (Å²) >= 11 is 0. The molecule has 1 saturated heterocycles. The van der Waals surface area contributed by atoms with Crippen molar-refractivity contribution >= 4 is 11.6 Å². The maximum absolute atomic E-state index is 12.6. The lowest BCUT2D eigenvalue weighted by atomic mass is 9.99. The third kappa shape index (κ3) is 4.58. The summed E-state index contributed by atoms with van der Waals surface area (Å²) in [5.74, 6) is 1.76. The summed E-state index contributed by atoms with van der Waals surface area (Å²) in [4.78, 5) is 15.1. The van der Waals surface area contributed by atoms with Crippen LogP contribution in [-0.2, 0) is 0 Å². The number of hydrogen-bond acceptors (Lipinski definition) is 4. The number of carbonyl (C=O) groups is 1. The first kappa shape index (κ1) is 20.1. The van der Waals surface area contributed by atoms with Crippen LogP contribution in [0.5, 0.6) is 11.5 Å². The van der Waals surface area contributed by atoms with Crippen LogP contribution in [0.25, 0.3) is 0 Å². The van der Waals surface area contributed by atoms with Gasteiger partial charge in [-0.2, -0.15) is 0 Å². The van der Waals surface area contributed by atoms with Gasteiger partial charge in [0.1, 0.15) is 0 Å². The lowest BCUT2D eigenvalue weighted by Gasteiger charge is -2.33. The minimum atomic E-state index is -0.137. The molecule has 2 aromatic rings. The van der Waals surface area contributed by atoms with E-state index >= 15 is 0 Å². The Kier molecular flexibility index (Phi) is 6.45. The molecule has 3 rings (SSSR count). The highest BCUT2D eigenvalue weighted by molar-refractivity contribution is 5.95. The van der Waals surface area contributed by atoms with Gasteiger partial charge in [0, 0.05) is 24.3 Å². The number of ether oxygens (including phenoxy) is 2. The van der Waals surface area contributed by atoms with Crippen LogP contribution in [0.3, 0.4) is 0 Å². The van der Waals surface area contributed by atoms with E-state index in [-0.39, 0.29) is 11.9 Å². The van der Waals surface area contributed by atoms with Crippen LogP contribution in [-0.4, -0.2) is 33.2 Å². The van der Waals surface area contributed by atoms with E-state index in [1.54, 1.807) is 32.4 Å². The number of piperidine rings is 1. The van der Waals surface area contributed by atoms with Crippen LogP contribution in [0, 0.1) is 5.92 Å². The zero-order valence-electron chi connectivity index (χ0n) is 17.2. The highest BCUT2D eigenvalue weighted by Crippen LogP contribution is 2.28. The molecule has 5 heteroatoms. The van der Waals surface area contributed by atoms with Gasteiger partial charge < -0.3 is 19.7 Å². The zero-order valence-corrected chi connectivity index (χ0v) is 17.2. The standard InChI is InChI=1S/C23H30N2O3/c1-16-6-5-13-25(15-16)20-10-7-18(8-11-20)17(2)24-23(26)19-9-12-21(27-3)22(14-19)28-4/h7-12,14,16-17H,5-6,13,15H2,1-4H3,(H,24,26)/t16-,17+/m0/s1. The molecule has 1 aliphatic rings. The minimum absolute atomic E-state index is 0.0880. The van der Waals surface area contributed by atoms with Crippen LogP contribution in [0.2, 0.25) is 0 Å². The molecule has 1 heterocycles. The van der Waals surface area contributed by atoms with Crippen molar-refractivity contribution in [1.29, 1.82) is 0 Å². The molecular weight excluding hydrogens is 352 g/mol. The third-order valence-electron chi connectivity index (χ3n) is 5.41. The van der Waals surface area contributed by atoms with E-state index in [1.807, 2.05) is 6.92 Å². The van der Waals surface area contributed by atoms with Crippen molar-refractivity contribution < 1.29 is 14.3 Å². The second-order valence-electron chi connectivity index (χ2n) is 7.55. The van der Waals surface area contributed by atoms with E-state index in [9.17, 15) is 4.79 Å². The zero-order chi connectivity index (χ0) is 20.1. The molecule has 2 aromatic carbocycles. The molecule has 0 unspecified atom stereocenters. The average molecular weight is 383 g/mol. The molecule has 0 saturated carbocycles. The summed E-state index contributed by atoms with van der Waals surface area (Å²) < 4.78 is 10.5. The van der Waals surface area contributed by atoms with Gasteiger partial charge in [0.2, 0.25) is 0 Å². The van der Waals surface area contributed by atoms with Gasteiger partial charge in [-0.15, -0.1) is 0 Å². The monoisotopic (exact) mass is 382 g/mol. The molecular formula is C23H30N2O3. The van der Waals surface area contributed by atoms with Crippen molar-refractivity contribution in [2.45, 2.75) is 32.7 Å². The van der Waals surface area contributed by atoms with Crippen molar-refractivity contribution in [3.8, 4) is 11.5 Å². The summed E-state index contributed by atoms with van der Waals surface area (Å²) in [5.41, 5.74) is 2.89. The maximum Gasteiger partial charge on any atom is 0.251 e. The van der Waals surface area contributed by atoms with Crippen LogP contribution < -0.4 is 19.7 Å². The Morgan fingerprint density at radius 3 is 2.46 bits per heavy atom.